The van der Waals surface area contributed by atoms with Gasteiger partial charge in [-0.3, -0.25) is 4.79 Å². The lowest BCUT2D eigenvalue weighted by Gasteiger charge is -2.22. The first-order valence-corrected chi connectivity index (χ1v) is 9.83. The molecule has 0 fully saturated rings. The molecule has 2 rings (SSSR count). The van der Waals surface area contributed by atoms with Crippen LogP contribution in [0.5, 0.6) is 5.75 Å². The van der Waals surface area contributed by atoms with Gasteiger partial charge in [0, 0.05) is 5.69 Å². The highest BCUT2D eigenvalue weighted by atomic mass is 16.5. The predicted octanol–water partition coefficient (Wildman–Crippen LogP) is 3.90. The van der Waals surface area contributed by atoms with Crippen molar-refractivity contribution in [3.8, 4) is 5.75 Å². The molecule has 3 N–H and O–H groups in total. The van der Waals surface area contributed by atoms with Gasteiger partial charge in [0.1, 0.15) is 11.3 Å². The van der Waals surface area contributed by atoms with Gasteiger partial charge in [-0.1, -0.05) is 38.1 Å². The van der Waals surface area contributed by atoms with Gasteiger partial charge in [-0.15, -0.1) is 0 Å². The molecule has 0 radical (unpaired) electrons. The van der Waals surface area contributed by atoms with Gasteiger partial charge in [0.2, 0.25) is 5.91 Å². The normalized spacial score (nSPS) is 11.8. The van der Waals surface area contributed by atoms with Crippen LogP contribution in [0.15, 0.2) is 42.5 Å². The molecule has 0 bridgehead atoms. The van der Waals surface area contributed by atoms with E-state index in [1.54, 1.807) is 18.2 Å². The fourth-order valence-electron chi connectivity index (χ4n) is 3.22. The number of hydrogen-bond acceptors (Lipinski definition) is 5. The lowest BCUT2D eigenvalue weighted by molar-refractivity contribution is -0.121. The molecule has 0 aromatic heterocycles. The van der Waals surface area contributed by atoms with E-state index >= 15 is 0 Å². The zero-order chi connectivity index (χ0) is 21.4. The summed E-state index contributed by atoms with van der Waals surface area (Å²) in [5, 5.41) is 3.10. The molecule has 0 heterocycles. The molecule has 0 aliphatic carbocycles. The number of anilines is 1. The minimum absolute atomic E-state index is 0.118. The Bertz CT molecular complexity index is 849. The highest BCUT2D eigenvalue weighted by molar-refractivity contribution is 5.92. The van der Waals surface area contributed by atoms with Gasteiger partial charge < -0.3 is 20.5 Å². The van der Waals surface area contributed by atoms with E-state index in [1.165, 1.54) is 7.11 Å². The molecular weight excluding hydrogens is 368 g/mol. The summed E-state index contributed by atoms with van der Waals surface area (Å²) in [6.45, 7) is 6.46. The largest absolute Gasteiger partial charge is 0.493 e. The number of nitrogens with one attached hydrogen (secondary N) is 1. The van der Waals surface area contributed by atoms with Crippen molar-refractivity contribution in [1.82, 2.24) is 5.32 Å². The Morgan fingerprint density at radius 3 is 2.48 bits per heavy atom. The number of nitrogens with two attached hydrogens (primary N) is 1. The average molecular weight is 399 g/mol. The Morgan fingerprint density at radius 1 is 1.14 bits per heavy atom. The number of carbonyl (C=O) groups is 2. The Labute approximate surface area is 172 Å². The predicted molar refractivity (Wildman–Crippen MR) is 114 cm³/mol. The van der Waals surface area contributed by atoms with Crippen molar-refractivity contribution >= 4 is 17.6 Å². The number of nitrogen functional groups attached to an aromatic ring is 1. The molecule has 2 aromatic rings. The highest BCUT2D eigenvalue weighted by Crippen LogP contribution is 2.27. The van der Waals surface area contributed by atoms with Crippen LogP contribution in [0.1, 0.15) is 54.7 Å². The minimum Gasteiger partial charge on any atom is -0.493 e. The van der Waals surface area contributed by atoms with Crippen molar-refractivity contribution in [2.75, 3.05) is 19.5 Å². The number of amides is 1. The fourth-order valence-corrected chi connectivity index (χ4v) is 3.22. The maximum Gasteiger partial charge on any atom is 0.341 e. The molecule has 156 valence electrons. The topological polar surface area (TPSA) is 90.6 Å². The van der Waals surface area contributed by atoms with Crippen LogP contribution < -0.4 is 15.8 Å². The molecule has 6 heteroatoms. The molecule has 0 saturated carbocycles. The zero-order valence-electron chi connectivity index (χ0n) is 17.5. The van der Waals surface area contributed by atoms with E-state index in [2.05, 4.69) is 19.2 Å². The van der Waals surface area contributed by atoms with E-state index in [-0.39, 0.29) is 18.4 Å². The van der Waals surface area contributed by atoms with Gasteiger partial charge in [-0.05, 0) is 48.6 Å². The SMILES string of the molecule is CCOc1cc(CC(=O)N[C@@H](CC(C)C)c2ccccc2N)ccc1C(=O)OC. The van der Waals surface area contributed by atoms with E-state index in [0.717, 1.165) is 17.5 Å². The summed E-state index contributed by atoms with van der Waals surface area (Å²) < 4.78 is 10.3. The van der Waals surface area contributed by atoms with Gasteiger partial charge >= 0.3 is 5.97 Å². The van der Waals surface area contributed by atoms with Crippen LogP contribution in [0.4, 0.5) is 5.69 Å². The number of hydrogen-bond donors (Lipinski definition) is 2. The second-order valence-electron chi connectivity index (χ2n) is 7.31. The van der Waals surface area contributed by atoms with Crippen molar-refractivity contribution in [3.05, 3.63) is 59.2 Å². The summed E-state index contributed by atoms with van der Waals surface area (Å²) >= 11 is 0. The van der Waals surface area contributed by atoms with E-state index in [4.69, 9.17) is 15.2 Å². The number of rotatable bonds is 9. The van der Waals surface area contributed by atoms with Crippen LogP contribution in [-0.4, -0.2) is 25.6 Å². The molecule has 0 aliphatic heterocycles. The molecule has 2 aromatic carbocycles. The molecule has 1 amide bonds. The lowest BCUT2D eigenvalue weighted by atomic mass is 9.95. The van der Waals surface area contributed by atoms with Crippen molar-refractivity contribution in [2.24, 2.45) is 5.92 Å². The first-order chi connectivity index (χ1) is 13.8. The lowest BCUT2D eigenvalue weighted by Crippen LogP contribution is -2.31. The standard InChI is InChI=1S/C23H30N2O4/c1-5-29-21-13-16(10-11-18(21)23(27)28-4)14-22(26)25-20(12-15(2)3)17-8-6-7-9-19(17)24/h6-11,13,15,20H,5,12,14,24H2,1-4H3,(H,25,26)/t20-/m0/s1. The molecule has 0 saturated heterocycles. The third kappa shape index (κ3) is 6.24. The summed E-state index contributed by atoms with van der Waals surface area (Å²) in [6, 6.07) is 12.5. The maximum atomic E-state index is 12.7. The average Bonchev–Trinajstić information content (AvgIpc) is 2.67. The number of benzene rings is 2. The number of ether oxygens (including phenoxy) is 2. The molecule has 0 aliphatic rings. The first kappa shape index (κ1) is 22.3. The second kappa shape index (κ2) is 10.5. The Morgan fingerprint density at radius 2 is 1.86 bits per heavy atom. The molecule has 0 unspecified atom stereocenters. The Kier molecular flexibility index (Phi) is 8.07. The summed E-state index contributed by atoms with van der Waals surface area (Å²) in [7, 11) is 1.32. The first-order valence-electron chi connectivity index (χ1n) is 9.83. The van der Waals surface area contributed by atoms with Gasteiger partial charge in [0.05, 0.1) is 26.2 Å². The number of methoxy groups -OCH3 is 1. The minimum atomic E-state index is -0.471. The summed E-state index contributed by atoms with van der Waals surface area (Å²) in [4.78, 5) is 24.6. The molecule has 0 spiro atoms. The van der Waals surface area contributed by atoms with Crippen molar-refractivity contribution in [2.45, 2.75) is 39.7 Å². The van der Waals surface area contributed by atoms with Crippen LogP contribution in [-0.2, 0) is 16.0 Å². The van der Waals surface area contributed by atoms with E-state index < -0.39 is 5.97 Å². The van der Waals surface area contributed by atoms with Crippen LogP contribution in [0.2, 0.25) is 0 Å². The number of esters is 1. The van der Waals surface area contributed by atoms with E-state index in [0.29, 0.717) is 29.5 Å². The Balaban J connectivity index is 2.18. The summed E-state index contributed by atoms with van der Waals surface area (Å²) in [5.74, 6) is 0.215. The molecule has 6 nitrogen and oxygen atoms in total. The number of carbonyl (C=O) groups excluding carboxylic acids is 2. The Hall–Kier alpha value is -3.02. The van der Waals surface area contributed by atoms with Gasteiger partial charge in [0.15, 0.2) is 0 Å². The maximum absolute atomic E-state index is 12.7. The molecular formula is C23H30N2O4. The summed E-state index contributed by atoms with van der Waals surface area (Å²) in [6.07, 6.45) is 0.953. The quantitative estimate of drug-likeness (QED) is 0.494. The van der Waals surface area contributed by atoms with Crippen LogP contribution in [0.3, 0.4) is 0 Å². The third-order valence-corrected chi connectivity index (χ3v) is 4.53. The highest BCUT2D eigenvalue weighted by Gasteiger charge is 2.19. The van der Waals surface area contributed by atoms with Crippen LogP contribution in [0, 0.1) is 5.92 Å². The van der Waals surface area contributed by atoms with Crippen molar-refractivity contribution < 1.29 is 19.1 Å². The van der Waals surface area contributed by atoms with Crippen LogP contribution in [0.25, 0.3) is 0 Å². The zero-order valence-corrected chi connectivity index (χ0v) is 17.5. The molecule has 29 heavy (non-hydrogen) atoms. The number of para-hydroxylation sites is 1. The second-order valence-corrected chi connectivity index (χ2v) is 7.31. The monoisotopic (exact) mass is 398 g/mol. The van der Waals surface area contributed by atoms with Gasteiger partial charge in [-0.2, -0.15) is 0 Å². The van der Waals surface area contributed by atoms with Crippen molar-refractivity contribution in [3.63, 3.8) is 0 Å². The van der Waals surface area contributed by atoms with Crippen molar-refractivity contribution in [1.29, 1.82) is 0 Å². The molecule has 1 atom stereocenters. The smallest absolute Gasteiger partial charge is 0.341 e. The van der Waals surface area contributed by atoms with Crippen LogP contribution >= 0.6 is 0 Å². The van der Waals surface area contributed by atoms with E-state index in [1.807, 2.05) is 31.2 Å². The third-order valence-electron chi connectivity index (χ3n) is 4.53. The fraction of sp³-hybridized carbons (Fsp3) is 0.391. The van der Waals surface area contributed by atoms with E-state index in [9.17, 15) is 9.59 Å². The van der Waals surface area contributed by atoms with Gasteiger partial charge in [0.25, 0.3) is 0 Å². The summed E-state index contributed by atoms with van der Waals surface area (Å²) in [5.41, 5.74) is 8.81. The van der Waals surface area contributed by atoms with Gasteiger partial charge in [-0.25, -0.2) is 4.79 Å².